The van der Waals surface area contributed by atoms with Gasteiger partial charge in [0.25, 0.3) is 0 Å². The molecule has 0 bridgehead atoms. The van der Waals surface area contributed by atoms with Crippen LogP contribution in [0.4, 0.5) is 17.2 Å². The van der Waals surface area contributed by atoms with Crippen molar-refractivity contribution < 1.29 is 0 Å². The number of allylic oxidation sites excluding steroid dienone is 1. The maximum absolute atomic E-state index is 5.12. The summed E-state index contributed by atoms with van der Waals surface area (Å²) in [7, 11) is 0. The SMILES string of the molecule is C(=Cc1ccc(N(Cc2ccccc2)Cc2ccccc2)cc1)C1=NN(c2ccccn2)C(c2ccc(N(Cc3ccccc3)Cc3ccccc3)cc2)C1. The Kier molecular flexibility index (Phi) is 11.2. The van der Waals surface area contributed by atoms with E-state index in [0.717, 1.165) is 49.7 Å². The van der Waals surface area contributed by atoms with E-state index in [4.69, 9.17) is 10.1 Å². The fraction of sp³-hybridized carbons (Fsp3) is 0.120. The maximum atomic E-state index is 5.12. The molecule has 1 aromatic heterocycles. The van der Waals surface area contributed by atoms with Crippen LogP contribution in [0.2, 0.25) is 0 Å². The van der Waals surface area contributed by atoms with Gasteiger partial charge in [0.1, 0.15) is 5.82 Å². The predicted molar refractivity (Wildman–Crippen MR) is 229 cm³/mol. The van der Waals surface area contributed by atoms with Crippen LogP contribution in [0.25, 0.3) is 6.08 Å². The number of rotatable bonds is 14. The summed E-state index contributed by atoms with van der Waals surface area (Å²) >= 11 is 0. The first-order valence-corrected chi connectivity index (χ1v) is 19.0. The zero-order valence-corrected chi connectivity index (χ0v) is 31.0. The molecule has 0 saturated carbocycles. The predicted octanol–water partition coefficient (Wildman–Crippen LogP) is 11.5. The summed E-state index contributed by atoms with van der Waals surface area (Å²) in [6.45, 7) is 3.34. The number of hydrogen-bond acceptors (Lipinski definition) is 5. The summed E-state index contributed by atoms with van der Waals surface area (Å²) in [6.07, 6.45) is 6.95. The van der Waals surface area contributed by atoms with Crippen molar-refractivity contribution in [2.24, 2.45) is 5.10 Å². The van der Waals surface area contributed by atoms with Crippen LogP contribution in [0.1, 0.15) is 45.8 Å². The number of nitrogens with zero attached hydrogens (tertiary/aromatic N) is 5. The number of anilines is 3. The molecule has 1 unspecified atom stereocenters. The van der Waals surface area contributed by atoms with Gasteiger partial charge in [0.15, 0.2) is 0 Å². The van der Waals surface area contributed by atoms with Gasteiger partial charge in [-0.3, -0.25) is 0 Å². The molecule has 270 valence electrons. The van der Waals surface area contributed by atoms with E-state index in [1.54, 1.807) is 0 Å². The van der Waals surface area contributed by atoms with Gasteiger partial charge in [-0.1, -0.05) is 158 Å². The Bertz CT molecular complexity index is 2190. The Balaban J connectivity index is 1.00. The van der Waals surface area contributed by atoms with Crippen molar-refractivity contribution in [3.05, 3.63) is 234 Å². The highest BCUT2D eigenvalue weighted by Gasteiger charge is 2.29. The third kappa shape index (κ3) is 9.27. The standard InChI is InChI=1S/C50H45N5/c1-5-15-41(16-6-1)36-53(37-42-17-7-2-8-18-42)47-30-25-40(26-31-47)24-29-46-35-49(55(52-46)50-23-13-14-34-51-50)45-27-32-48(33-28-45)54(38-43-19-9-3-10-20-43)39-44-21-11-4-12-22-44/h1-34,49H,35-39H2. The Morgan fingerprint density at radius 3 is 1.35 bits per heavy atom. The van der Waals surface area contributed by atoms with E-state index in [1.807, 2.05) is 24.4 Å². The van der Waals surface area contributed by atoms with Gasteiger partial charge in [-0.15, -0.1) is 0 Å². The first kappa shape index (κ1) is 35.3. The lowest BCUT2D eigenvalue weighted by Gasteiger charge is -2.27. The molecule has 0 aliphatic carbocycles. The molecule has 7 aromatic rings. The Morgan fingerprint density at radius 2 is 0.909 bits per heavy atom. The minimum Gasteiger partial charge on any atom is -0.363 e. The molecule has 8 rings (SSSR count). The van der Waals surface area contributed by atoms with Crippen molar-refractivity contribution >= 4 is 29.0 Å². The normalized spacial score (nSPS) is 13.9. The van der Waals surface area contributed by atoms with Crippen LogP contribution < -0.4 is 14.8 Å². The van der Waals surface area contributed by atoms with E-state index < -0.39 is 0 Å². The summed E-state index contributed by atoms with van der Waals surface area (Å²) in [5.74, 6) is 0.844. The lowest BCUT2D eigenvalue weighted by molar-refractivity contribution is 0.698. The fourth-order valence-corrected chi connectivity index (χ4v) is 7.18. The number of aromatic nitrogens is 1. The van der Waals surface area contributed by atoms with Gasteiger partial charge >= 0.3 is 0 Å². The number of hydrazone groups is 1. The fourth-order valence-electron chi connectivity index (χ4n) is 7.18. The zero-order chi connectivity index (χ0) is 37.1. The molecule has 2 heterocycles. The lowest BCUT2D eigenvalue weighted by Crippen LogP contribution is -2.22. The summed E-state index contributed by atoms with van der Waals surface area (Å²) in [4.78, 5) is 9.57. The molecule has 5 heteroatoms. The topological polar surface area (TPSA) is 35.0 Å². The highest BCUT2D eigenvalue weighted by molar-refractivity contribution is 6.01. The second-order valence-electron chi connectivity index (χ2n) is 14.0. The minimum atomic E-state index is 0.0344. The van der Waals surface area contributed by atoms with E-state index >= 15 is 0 Å². The number of benzene rings is 6. The molecule has 0 amide bonds. The average Bonchev–Trinajstić information content (AvgIpc) is 3.69. The highest BCUT2D eigenvalue weighted by atomic mass is 15.5. The van der Waals surface area contributed by atoms with Crippen molar-refractivity contribution in [3.63, 3.8) is 0 Å². The molecular formula is C50H45N5. The average molecular weight is 716 g/mol. The molecule has 1 atom stereocenters. The molecular weight excluding hydrogens is 671 g/mol. The van der Waals surface area contributed by atoms with E-state index in [0.29, 0.717) is 0 Å². The van der Waals surface area contributed by atoms with Crippen LogP contribution in [0.3, 0.4) is 0 Å². The van der Waals surface area contributed by atoms with E-state index in [9.17, 15) is 0 Å². The second kappa shape index (κ2) is 17.4. The van der Waals surface area contributed by atoms with Crippen molar-refractivity contribution in [2.45, 2.75) is 38.6 Å². The van der Waals surface area contributed by atoms with E-state index in [1.165, 1.54) is 39.2 Å². The highest BCUT2D eigenvalue weighted by Crippen LogP contribution is 2.36. The molecule has 1 aliphatic rings. The molecule has 55 heavy (non-hydrogen) atoms. The first-order chi connectivity index (χ1) is 27.2. The van der Waals surface area contributed by atoms with Crippen LogP contribution >= 0.6 is 0 Å². The van der Waals surface area contributed by atoms with Crippen molar-refractivity contribution in [1.29, 1.82) is 0 Å². The maximum Gasteiger partial charge on any atom is 0.149 e. The molecule has 0 saturated heterocycles. The zero-order valence-electron chi connectivity index (χ0n) is 31.0. The van der Waals surface area contributed by atoms with Gasteiger partial charge in [-0.05, 0) is 75.9 Å². The van der Waals surface area contributed by atoms with Crippen LogP contribution in [0, 0.1) is 0 Å². The third-order valence-electron chi connectivity index (χ3n) is 10.1. The summed E-state index contributed by atoms with van der Waals surface area (Å²) in [5.41, 5.74) is 10.9. The largest absolute Gasteiger partial charge is 0.363 e. The number of hydrogen-bond donors (Lipinski definition) is 0. The van der Waals surface area contributed by atoms with Crippen LogP contribution in [0.5, 0.6) is 0 Å². The van der Waals surface area contributed by atoms with Crippen molar-refractivity contribution in [3.8, 4) is 0 Å². The van der Waals surface area contributed by atoms with E-state index in [2.05, 4.69) is 197 Å². The van der Waals surface area contributed by atoms with Gasteiger partial charge in [-0.25, -0.2) is 9.99 Å². The molecule has 1 aliphatic heterocycles. The van der Waals surface area contributed by atoms with Crippen LogP contribution in [0.15, 0.2) is 205 Å². The third-order valence-corrected chi connectivity index (χ3v) is 10.1. The Hall–Kier alpha value is -6.72. The van der Waals surface area contributed by atoms with E-state index in [-0.39, 0.29) is 6.04 Å². The molecule has 0 fully saturated rings. The quantitative estimate of drug-likeness (QED) is 0.112. The van der Waals surface area contributed by atoms with Gasteiger partial charge in [0.2, 0.25) is 0 Å². The monoisotopic (exact) mass is 715 g/mol. The summed E-state index contributed by atoms with van der Waals surface area (Å²) in [5, 5.41) is 7.20. The summed E-state index contributed by atoms with van der Waals surface area (Å²) in [6, 6.07) is 66.7. The minimum absolute atomic E-state index is 0.0344. The van der Waals surface area contributed by atoms with Crippen molar-refractivity contribution in [1.82, 2.24) is 4.98 Å². The first-order valence-electron chi connectivity index (χ1n) is 19.0. The molecule has 6 aromatic carbocycles. The Labute approximate surface area is 325 Å². The van der Waals surface area contributed by atoms with Crippen LogP contribution in [-0.4, -0.2) is 10.7 Å². The number of pyridine rings is 1. The molecule has 5 nitrogen and oxygen atoms in total. The molecule has 0 radical (unpaired) electrons. The Morgan fingerprint density at radius 1 is 0.473 bits per heavy atom. The van der Waals surface area contributed by atoms with Crippen molar-refractivity contribution in [2.75, 3.05) is 14.8 Å². The van der Waals surface area contributed by atoms with Gasteiger partial charge in [-0.2, -0.15) is 5.10 Å². The molecule has 0 spiro atoms. The second-order valence-corrected chi connectivity index (χ2v) is 14.0. The van der Waals surface area contributed by atoms with Crippen LogP contribution in [-0.2, 0) is 26.2 Å². The van der Waals surface area contributed by atoms with Gasteiger partial charge in [0.05, 0.1) is 11.8 Å². The van der Waals surface area contributed by atoms with Gasteiger partial charge < -0.3 is 9.80 Å². The lowest BCUT2D eigenvalue weighted by atomic mass is 10.0. The molecule has 0 N–H and O–H groups in total. The van der Waals surface area contributed by atoms with Gasteiger partial charge in [0, 0.05) is 50.2 Å². The smallest absolute Gasteiger partial charge is 0.149 e. The summed E-state index contributed by atoms with van der Waals surface area (Å²) < 4.78 is 0.